The maximum atomic E-state index is 14.3. The minimum Gasteiger partial charge on any atom is -0.481 e. The molecule has 166 valence electrons. The summed E-state index contributed by atoms with van der Waals surface area (Å²) in [5, 5.41) is 18.0. The van der Waals surface area contributed by atoms with E-state index in [4.69, 9.17) is 5.11 Å². The number of carboxylic acids is 1. The second-order valence-corrected chi connectivity index (χ2v) is 7.98. The molecular formula is C20H23F4NO4S. The topological polar surface area (TPSA) is 77.8 Å². The Balaban J connectivity index is 1.96. The smallest absolute Gasteiger partial charge is 0.303 e. The molecule has 2 unspecified atom stereocenters. The first-order valence-electron chi connectivity index (χ1n) is 9.36. The van der Waals surface area contributed by atoms with Gasteiger partial charge in [0.25, 0.3) is 5.24 Å². The Bertz CT molecular complexity index is 760. The van der Waals surface area contributed by atoms with Gasteiger partial charge in [-0.05, 0) is 6.42 Å². The van der Waals surface area contributed by atoms with E-state index in [0.717, 1.165) is 22.7 Å². The Labute approximate surface area is 175 Å². The molecule has 0 saturated carbocycles. The van der Waals surface area contributed by atoms with Crippen molar-refractivity contribution in [3.8, 4) is 0 Å². The molecular weight excluding hydrogens is 426 g/mol. The van der Waals surface area contributed by atoms with E-state index < -0.39 is 48.0 Å². The average Bonchev–Trinajstić information content (AvgIpc) is 3.04. The van der Waals surface area contributed by atoms with Gasteiger partial charge < -0.3 is 15.1 Å². The second-order valence-electron chi connectivity index (χ2n) is 7.01. The number of hydrogen-bond donors (Lipinski definition) is 2. The SMILES string of the molecule is O=C(O)CCCC(F)(F)CCN1C(=O)SCC1C=CC(O)C(F)(F)c1ccccc1. The molecule has 1 aliphatic heterocycles. The van der Waals surface area contributed by atoms with Gasteiger partial charge in [0.15, 0.2) is 0 Å². The fourth-order valence-electron chi connectivity index (χ4n) is 2.97. The minimum absolute atomic E-state index is 0.185. The van der Waals surface area contributed by atoms with Crippen LogP contribution < -0.4 is 0 Å². The van der Waals surface area contributed by atoms with Crippen LogP contribution in [0, 0.1) is 0 Å². The lowest BCUT2D eigenvalue weighted by molar-refractivity contribution is -0.137. The predicted molar refractivity (Wildman–Crippen MR) is 105 cm³/mol. The lowest BCUT2D eigenvalue weighted by atomic mass is 10.0. The predicted octanol–water partition coefficient (Wildman–Crippen LogP) is 4.51. The number of aliphatic carboxylic acids is 1. The number of benzene rings is 1. The maximum Gasteiger partial charge on any atom is 0.303 e. The van der Waals surface area contributed by atoms with Crippen molar-refractivity contribution < 1.29 is 37.4 Å². The van der Waals surface area contributed by atoms with Gasteiger partial charge in [0.2, 0.25) is 5.92 Å². The molecule has 1 amide bonds. The summed E-state index contributed by atoms with van der Waals surface area (Å²) in [6.45, 7) is -0.300. The molecule has 1 aromatic rings. The van der Waals surface area contributed by atoms with E-state index in [9.17, 15) is 32.3 Å². The quantitative estimate of drug-likeness (QED) is 0.384. The van der Waals surface area contributed by atoms with Crippen molar-refractivity contribution in [3.63, 3.8) is 0 Å². The number of thioether (sulfide) groups is 1. The molecule has 1 aliphatic rings. The number of aliphatic hydroxyl groups excluding tert-OH is 1. The monoisotopic (exact) mass is 449 g/mol. The minimum atomic E-state index is -3.55. The van der Waals surface area contributed by atoms with Crippen LogP contribution >= 0.6 is 11.8 Å². The van der Waals surface area contributed by atoms with Gasteiger partial charge >= 0.3 is 11.9 Å². The van der Waals surface area contributed by atoms with Crippen LogP contribution in [-0.4, -0.2) is 56.7 Å². The first kappa shape index (κ1) is 24.2. The molecule has 0 radical (unpaired) electrons. The van der Waals surface area contributed by atoms with Gasteiger partial charge in [-0.25, -0.2) is 8.78 Å². The molecule has 10 heteroatoms. The number of hydrogen-bond acceptors (Lipinski definition) is 4. The zero-order valence-corrected chi connectivity index (χ0v) is 16.8. The maximum absolute atomic E-state index is 14.3. The summed E-state index contributed by atoms with van der Waals surface area (Å²) in [6, 6.07) is 6.08. The van der Waals surface area contributed by atoms with Crippen molar-refractivity contribution >= 4 is 23.0 Å². The van der Waals surface area contributed by atoms with Crippen molar-refractivity contribution in [2.45, 2.75) is 49.7 Å². The number of carboxylic acid groups (broad SMARTS) is 1. The molecule has 1 fully saturated rings. The van der Waals surface area contributed by atoms with Crippen LogP contribution in [0.1, 0.15) is 31.2 Å². The average molecular weight is 449 g/mol. The molecule has 1 heterocycles. The van der Waals surface area contributed by atoms with Gasteiger partial charge in [0.05, 0.1) is 6.04 Å². The Kier molecular flexibility index (Phi) is 8.31. The number of nitrogens with zero attached hydrogens (tertiary/aromatic N) is 1. The summed E-state index contributed by atoms with van der Waals surface area (Å²) in [4.78, 5) is 23.6. The van der Waals surface area contributed by atoms with Crippen molar-refractivity contribution in [1.29, 1.82) is 0 Å². The molecule has 5 nitrogen and oxygen atoms in total. The summed E-state index contributed by atoms with van der Waals surface area (Å²) in [5.74, 6) is -7.65. The van der Waals surface area contributed by atoms with Gasteiger partial charge in [-0.15, -0.1) is 0 Å². The van der Waals surface area contributed by atoms with Crippen LogP contribution in [0.5, 0.6) is 0 Å². The third-order valence-electron chi connectivity index (χ3n) is 4.71. The van der Waals surface area contributed by atoms with E-state index in [1.54, 1.807) is 6.07 Å². The standard InChI is InChI=1S/C20H23F4NO4S/c21-19(22,10-4-7-17(27)28)11-12-25-15(13-30-18(25)29)8-9-16(26)20(23,24)14-5-2-1-3-6-14/h1-3,5-6,8-9,15-16,26H,4,7,10-13H2,(H,27,28). The van der Waals surface area contributed by atoms with Crippen molar-refractivity contribution in [3.05, 3.63) is 48.0 Å². The number of aliphatic hydroxyl groups is 1. The van der Waals surface area contributed by atoms with E-state index in [-0.39, 0.29) is 30.7 Å². The number of rotatable bonds is 11. The van der Waals surface area contributed by atoms with Crippen molar-refractivity contribution in [2.75, 3.05) is 12.3 Å². The van der Waals surface area contributed by atoms with Crippen LogP contribution in [0.15, 0.2) is 42.5 Å². The molecule has 1 aromatic carbocycles. The highest BCUT2D eigenvalue weighted by Crippen LogP contribution is 2.34. The lowest BCUT2D eigenvalue weighted by Crippen LogP contribution is -2.36. The fourth-order valence-corrected chi connectivity index (χ4v) is 3.97. The first-order chi connectivity index (χ1) is 14.0. The second kappa shape index (κ2) is 10.3. The molecule has 0 bridgehead atoms. The van der Waals surface area contributed by atoms with E-state index in [1.807, 2.05) is 0 Å². The van der Waals surface area contributed by atoms with Crippen LogP contribution in [0.25, 0.3) is 0 Å². The molecule has 2 rings (SSSR count). The summed E-state index contributed by atoms with van der Waals surface area (Å²) in [5.41, 5.74) is -0.364. The Morgan fingerprint density at radius 1 is 1.23 bits per heavy atom. The summed E-state index contributed by atoms with van der Waals surface area (Å²) < 4.78 is 56.6. The molecule has 0 aliphatic carbocycles. The van der Waals surface area contributed by atoms with E-state index in [1.165, 1.54) is 30.3 Å². The number of carbonyl (C=O) groups excluding carboxylic acids is 1. The number of alkyl halides is 4. The normalized spacial score (nSPS) is 18.9. The summed E-state index contributed by atoms with van der Waals surface area (Å²) in [7, 11) is 0. The third-order valence-corrected chi connectivity index (χ3v) is 5.70. The van der Waals surface area contributed by atoms with Crippen LogP contribution in [0.2, 0.25) is 0 Å². The van der Waals surface area contributed by atoms with Gasteiger partial charge in [-0.3, -0.25) is 9.59 Å². The van der Waals surface area contributed by atoms with Gasteiger partial charge in [0, 0.05) is 37.1 Å². The highest BCUT2D eigenvalue weighted by atomic mass is 32.2. The van der Waals surface area contributed by atoms with Gasteiger partial charge in [0.1, 0.15) is 6.10 Å². The zero-order chi connectivity index (χ0) is 22.4. The Morgan fingerprint density at radius 3 is 2.53 bits per heavy atom. The van der Waals surface area contributed by atoms with Crippen LogP contribution in [-0.2, 0) is 10.7 Å². The van der Waals surface area contributed by atoms with E-state index in [2.05, 4.69) is 0 Å². The molecule has 2 N–H and O–H groups in total. The third kappa shape index (κ3) is 6.73. The van der Waals surface area contributed by atoms with Crippen molar-refractivity contribution in [1.82, 2.24) is 4.90 Å². The highest BCUT2D eigenvalue weighted by molar-refractivity contribution is 8.13. The van der Waals surface area contributed by atoms with E-state index >= 15 is 0 Å². The van der Waals surface area contributed by atoms with E-state index in [0.29, 0.717) is 0 Å². The molecule has 0 spiro atoms. The fraction of sp³-hybridized carbons (Fsp3) is 0.500. The number of amides is 1. The molecule has 30 heavy (non-hydrogen) atoms. The molecule has 0 aromatic heterocycles. The molecule has 1 saturated heterocycles. The Morgan fingerprint density at radius 2 is 1.90 bits per heavy atom. The van der Waals surface area contributed by atoms with Crippen LogP contribution in [0.3, 0.4) is 0 Å². The Hall–Kier alpha value is -2.07. The highest BCUT2D eigenvalue weighted by Gasteiger charge is 2.40. The first-order valence-corrected chi connectivity index (χ1v) is 10.3. The summed E-state index contributed by atoms with van der Waals surface area (Å²) in [6.07, 6.45) is -1.85. The number of halogens is 4. The van der Waals surface area contributed by atoms with Crippen LogP contribution in [0.4, 0.5) is 22.4 Å². The van der Waals surface area contributed by atoms with Gasteiger partial charge in [-0.1, -0.05) is 54.2 Å². The van der Waals surface area contributed by atoms with Crippen molar-refractivity contribution in [2.24, 2.45) is 0 Å². The number of carbonyl (C=O) groups is 2. The molecule has 2 atom stereocenters. The summed E-state index contributed by atoms with van der Waals surface area (Å²) >= 11 is 0.885. The largest absolute Gasteiger partial charge is 0.481 e. The van der Waals surface area contributed by atoms with Gasteiger partial charge in [-0.2, -0.15) is 8.78 Å². The zero-order valence-electron chi connectivity index (χ0n) is 16.0. The lowest BCUT2D eigenvalue weighted by Gasteiger charge is -2.25.